The lowest BCUT2D eigenvalue weighted by molar-refractivity contribution is 0.0363. The summed E-state index contributed by atoms with van der Waals surface area (Å²) in [6, 6.07) is 0.734. The summed E-state index contributed by atoms with van der Waals surface area (Å²) in [5, 5.41) is 9.75. The van der Waals surface area contributed by atoms with Gasteiger partial charge in [-0.2, -0.15) is 0 Å². The van der Waals surface area contributed by atoms with Gasteiger partial charge in [0.05, 0.1) is 12.7 Å². The van der Waals surface area contributed by atoms with E-state index < -0.39 is 0 Å². The minimum Gasteiger partial charge on any atom is -0.389 e. The molecule has 2 fully saturated rings. The Morgan fingerprint density at radius 2 is 2.12 bits per heavy atom. The minimum atomic E-state index is -0.335. The molecule has 4 heteroatoms. The Morgan fingerprint density at radius 1 is 1.31 bits per heavy atom. The van der Waals surface area contributed by atoms with Crippen LogP contribution in [0.15, 0.2) is 0 Å². The van der Waals surface area contributed by atoms with Crippen LogP contribution < -0.4 is 0 Å². The van der Waals surface area contributed by atoms with E-state index in [0.717, 1.165) is 25.7 Å². The largest absolute Gasteiger partial charge is 0.389 e. The summed E-state index contributed by atoms with van der Waals surface area (Å²) >= 11 is 0. The highest BCUT2D eigenvalue weighted by molar-refractivity contribution is 4.85. The summed E-state index contributed by atoms with van der Waals surface area (Å²) in [7, 11) is 1.64. The molecule has 0 aromatic carbocycles. The molecule has 2 aliphatic rings. The zero-order valence-electron chi connectivity index (χ0n) is 10.3. The maximum Gasteiger partial charge on any atom is 0.0900 e. The minimum absolute atomic E-state index is 0.335. The van der Waals surface area contributed by atoms with E-state index in [4.69, 9.17) is 4.74 Å². The third kappa shape index (κ3) is 3.17. The lowest BCUT2D eigenvalue weighted by atomic mass is 10.2. The van der Waals surface area contributed by atoms with E-state index in [-0.39, 0.29) is 6.10 Å². The van der Waals surface area contributed by atoms with Gasteiger partial charge in [-0.3, -0.25) is 9.80 Å². The highest BCUT2D eigenvalue weighted by Crippen LogP contribution is 2.21. The van der Waals surface area contributed by atoms with Crippen molar-refractivity contribution in [1.82, 2.24) is 9.80 Å². The predicted molar refractivity (Wildman–Crippen MR) is 63.5 cm³/mol. The summed E-state index contributed by atoms with van der Waals surface area (Å²) in [5.74, 6) is 0. The number of rotatable bonds is 4. The molecule has 94 valence electrons. The van der Waals surface area contributed by atoms with Crippen LogP contribution in [-0.2, 0) is 4.74 Å². The maximum absolute atomic E-state index is 9.75. The third-order valence-electron chi connectivity index (χ3n) is 3.72. The fraction of sp³-hybridized carbons (Fsp3) is 1.00. The van der Waals surface area contributed by atoms with Crippen LogP contribution in [0.4, 0.5) is 0 Å². The van der Waals surface area contributed by atoms with Gasteiger partial charge in [0.1, 0.15) is 0 Å². The van der Waals surface area contributed by atoms with Crippen LogP contribution in [0, 0.1) is 0 Å². The third-order valence-corrected chi connectivity index (χ3v) is 3.72. The number of aliphatic hydroxyl groups is 1. The van der Waals surface area contributed by atoms with Crippen LogP contribution in [0.3, 0.4) is 0 Å². The average Bonchev–Trinajstić information content (AvgIpc) is 2.58. The number of nitrogens with zero attached hydrogens (tertiary/aromatic N) is 2. The molecule has 0 aromatic rings. The second-order valence-electron chi connectivity index (χ2n) is 5.05. The molecule has 0 radical (unpaired) electrons. The van der Waals surface area contributed by atoms with Crippen molar-refractivity contribution in [3.8, 4) is 0 Å². The summed E-state index contributed by atoms with van der Waals surface area (Å²) in [6.45, 7) is 5.97. The van der Waals surface area contributed by atoms with Crippen LogP contribution in [-0.4, -0.2) is 73.5 Å². The second kappa shape index (κ2) is 5.96. The van der Waals surface area contributed by atoms with Crippen molar-refractivity contribution < 1.29 is 9.84 Å². The van der Waals surface area contributed by atoms with E-state index in [0.29, 0.717) is 6.61 Å². The van der Waals surface area contributed by atoms with Gasteiger partial charge in [-0.15, -0.1) is 0 Å². The van der Waals surface area contributed by atoms with Crippen molar-refractivity contribution >= 4 is 0 Å². The Labute approximate surface area is 98.2 Å². The molecule has 1 N–H and O–H groups in total. The molecular formula is C12H24N2O2. The standard InChI is InChI=1S/C12H24N2O2/c1-16-10-12(15)9-13-5-3-7-14-6-2-4-11(14)8-13/h11-12,15H,2-10H2,1H3. The molecule has 2 heterocycles. The summed E-state index contributed by atoms with van der Waals surface area (Å²) in [5.41, 5.74) is 0. The van der Waals surface area contributed by atoms with Gasteiger partial charge in [0.15, 0.2) is 0 Å². The van der Waals surface area contributed by atoms with Crippen molar-refractivity contribution in [3.63, 3.8) is 0 Å². The van der Waals surface area contributed by atoms with E-state index in [2.05, 4.69) is 9.80 Å². The SMILES string of the molecule is COCC(O)CN1CCCN2CCCC2C1. The van der Waals surface area contributed by atoms with Gasteiger partial charge in [0.2, 0.25) is 0 Å². The lowest BCUT2D eigenvalue weighted by Crippen LogP contribution is -2.40. The summed E-state index contributed by atoms with van der Waals surface area (Å²) in [4.78, 5) is 5.02. The molecular weight excluding hydrogens is 204 g/mol. The van der Waals surface area contributed by atoms with E-state index in [9.17, 15) is 5.11 Å². The lowest BCUT2D eigenvalue weighted by Gasteiger charge is -2.27. The van der Waals surface area contributed by atoms with Crippen LogP contribution in [0.1, 0.15) is 19.3 Å². The van der Waals surface area contributed by atoms with Gasteiger partial charge < -0.3 is 9.84 Å². The fourth-order valence-corrected chi connectivity index (χ4v) is 2.99. The fourth-order valence-electron chi connectivity index (χ4n) is 2.99. The predicted octanol–water partition coefficient (Wildman–Crippen LogP) is 0.164. The Balaban J connectivity index is 1.81. The van der Waals surface area contributed by atoms with Gasteiger partial charge in [-0.25, -0.2) is 0 Å². The molecule has 0 aromatic heterocycles. The summed E-state index contributed by atoms with van der Waals surface area (Å²) < 4.78 is 4.98. The van der Waals surface area contributed by atoms with Gasteiger partial charge in [-0.1, -0.05) is 0 Å². The molecule has 0 saturated carbocycles. The van der Waals surface area contributed by atoms with Crippen LogP contribution in [0.25, 0.3) is 0 Å². The van der Waals surface area contributed by atoms with E-state index in [1.54, 1.807) is 7.11 Å². The molecule has 2 atom stereocenters. The van der Waals surface area contributed by atoms with Crippen molar-refractivity contribution in [2.24, 2.45) is 0 Å². The Hall–Kier alpha value is -0.160. The number of fused-ring (bicyclic) bond motifs is 1. The first kappa shape index (κ1) is 12.3. The van der Waals surface area contributed by atoms with Gasteiger partial charge >= 0.3 is 0 Å². The number of hydrogen-bond donors (Lipinski definition) is 1. The van der Waals surface area contributed by atoms with Gasteiger partial charge in [0, 0.05) is 26.2 Å². The van der Waals surface area contributed by atoms with Gasteiger partial charge in [0.25, 0.3) is 0 Å². The van der Waals surface area contributed by atoms with E-state index in [1.165, 1.54) is 32.4 Å². The van der Waals surface area contributed by atoms with E-state index in [1.807, 2.05) is 0 Å². The first-order chi connectivity index (χ1) is 7.79. The topological polar surface area (TPSA) is 35.9 Å². The molecule has 2 rings (SSSR count). The molecule has 2 unspecified atom stereocenters. The van der Waals surface area contributed by atoms with Gasteiger partial charge in [-0.05, 0) is 38.9 Å². The van der Waals surface area contributed by atoms with Crippen LogP contribution in [0.5, 0.6) is 0 Å². The number of β-amino-alcohol motifs (C(OH)–C–C–N with tert-alkyl or cyclic N) is 1. The Bertz CT molecular complexity index is 213. The van der Waals surface area contributed by atoms with Crippen LogP contribution >= 0.6 is 0 Å². The molecule has 2 aliphatic heterocycles. The van der Waals surface area contributed by atoms with Crippen molar-refractivity contribution in [2.45, 2.75) is 31.4 Å². The smallest absolute Gasteiger partial charge is 0.0900 e. The highest BCUT2D eigenvalue weighted by Gasteiger charge is 2.29. The normalized spacial score (nSPS) is 30.0. The first-order valence-electron chi connectivity index (χ1n) is 6.43. The van der Waals surface area contributed by atoms with Crippen molar-refractivity contribution in [3.05, 3.63) is 0 Å². The highest BCUT2D eigenvalue weighted by atomic mass is 16.5. The van der Waals surface area contributed by atoms with Crippen LogP contribution in [0.2, 0.25) is 0 Å². The Kier molecular flexibility index (Phi) is 4.58. The van der Waals surface area contributed by atoms with Crippen molar-refractivity contribution in [1.29, 1.82) is 0 Å². The number of ether oxygens (including phenoxy) is 1. The number of hydrogen-bond acceptors (Lipinski definition) is 4. The molecule has 2 saturated heterocycles. The molecule has 16 heavy (non-hydrogen) atoms. The maximum atomic E-state index is 9.75. The zero-order valence-corrected chi connectivity index (χ0v) is 10.3. The zero-order chi connectivity index (χ0) is 11.4. The first-order valence-corrected chi connectivity index (χ1v) is 6.43. The second-order valence-corrected chi connectivity index (χ2v) is 5.05. The van der Waals surface area contributed by atoms with E-state index >= 15 is 0 Å². The average molecular weight is 228 g/mol. The molecule has 0 spiro atoms. The quantitative estimate of drug-likeness (QED) is 0.744. The Morgan fingerprint density at radius 3 is 2.94 bits per heavy atom. The summed E-state index contributed by atoms with van der Waals surface area (Å²) in [6.07, 6.45) is 3.57. The molecule has 4 nitrogen and oxygen atoms in total. The monoisotopic (exact) mass is 228 g/mol. The number of aliphatic hydroxyl groups excluding tert-OH is 1. The molecule has 0 amide bonds. The number of methoxy groups -OCH3 is 1. The molecule has 0 aliphatic carbocycles. The van der Waals surface area contributed by atoms with Crippen molar-refractivity contribution in [2.75, 3.05) is 46.4 Å². The molecule has 0 bridgehead atoms.